The second kappa shape index (κ2) is 14.6. The highest BCUT2D eigenvalue weighted by molar-refractivity contribution is 7.27. The Morgan fingerprint density at radius 2 is 0.788 bits per heavy atom. The van der Waals surface area contributed by atoms with Crippen LogP contribution in [0, 0.1) is 0 Å². The molecule has 0 unspecified atom stereocenters. The van der Waals surface area contributed by atoms with Crippen LogP contribution in [0.15, 0.2) is 237 Å². The van der Waals surface area contributed by atoms with E-state index in [1.54, 1.807) is 0 Å². The summed E-state index contributed by atoms with van der Waals surface area (Å²) < 4.78 is 5.27. The van der Waals surface area contributed by atoms with Crippen molar-refractivity contribution in [3.05, 3.63) is 259 Å². The summed E-state index contributed by atoms with van der Waals surface area (Å²) in [6, 6.07) is 88.2. The highest BCUT2D eigenvalue weighted by Crippen LogP contribution is 2.60. The maximum absolute atomic E-state index is 2.55. The van der Waals surface area contributed by atoms with E-state index in [-0.39, 0.29) is 0 Å². The van der Waals surface area contributed by atoms with Crippen molar-refractivity contribution in [3.63, 3.8) is 0 Å². The number of hydrogen-bond donors (Lipinski definition) is 0. The maximum Gasteiger partial charge on any atom is 0.0714 e. The molecule has 0 saturated carbocycles. The molecule has 14 rings (SSSR count). The minimum absolute atomic E-state index is 0.517. The Morgan fingerprint density at radius 1 is 0.303 bits per heavy atom. The minimum atomic E-state index is -0.517. The van der Waals surface area contributed by atoms with Crippen LogP contribution < -0.4 is 4.90 Å². The summed E-state index contributed by atoms with van der Waals surface area (Å²) >= 11 is 3.83. The topological polar surface area (TPSA) is 3.24 Å². The molecule has 0 atom stereocenters. The lowest BCUT2D eigenvalue weighted by molar-refractivity contribution is 0.768. The van der Waals surface area contributed by atoms with Crippen LogP contribution in [0.5, 0.6) is 0 Å². The molecule has 0 N–H and O–H groups in total. The normalized spacial score (nSPS) is 13.0. The smallest absolute Gasteiger partial charge is 0.0714 e. The average molecular weight is 874 g/mol. The molecule has 0 aliphatic heterocycles. The predicted molar refractivity (Wildman–Crippen MR) is 285 cm³/mol. The lowest BCUT2D eigenvalue weighted by Crippen LogP contribution is -2.28. The van der Waals surface area contributed by atoms with Crippen molar-refractivity contribution in [1.82, 2.24) is 0 Å². The quantitative estimate of drug-likeness (QED) is 0.161. The van der Waals surface area contributed by atoms with Crippen LogP contribution in [0.25, 0.3) is 84.1 Å². The van der Waals surface area contributed by atoms with E-state index in [1.165, 1.54) is 112 Å². The largest absolute Gasteiger partial charge is 0.308 e. The van der Waals surface area contributed by atoms with E-state index in [0.29, 0.717) is 0 Å². The third kappa shape index (κ3) is 5.33. The molecule has 2 aromatic heterocycles. The molecular formula is C63H39NS2. The van der Waals surface area contributed by atoms with Gasteiger partial charge in [0.05, 0.1) is 21.5 Å². The SMILES string of the molecule is c1ccc(C2(c3ccccc3)c3ccccc3-c3c(N(c4ccc(-c5cccc6c5sc5c7ccccc7ccc65)cc4)c4cccc5c4sc4c6ccccc6ccc54)cccc32)cc1. The number of nitrogens with zero attached hydrogens (tertiary/aromatic N) is 1. The molecule has 2 heterocycles. The van der Waals surface area contributed by atoms with Gasteiger partial charge in [0.1, 0.15) is 0 Å². The first kappa shape index (κ1) is 37.5. The van der Waals surface area contributed by atoms with Gasteiger partial charge in [-0.05, 0) is 84.8 Å². The van der Waals surface area contributed by atoms with Crippen molar-refractivity contribution >= 4 is 102 Å². The number of fused-ring (bicyclic) bond motifs is 13. The third-order valence-electron chi connectivity index (χ3n) is 14.1. The van der Waals surface area contributed by atoms with E-state index in [4.69, 9.17) is 0 Å². The Kier molecular flexibility index (Phi) is 8.31. The molecule has 0 saturated heterocycles. The van der Waals surface area contributed by atoms with Gasteiger partial charge >= 0.3 is 0 Å². The molecule has 1 aliphatic carbocycles. The van der Waals surface area contributed by atoms with Crippen molar-refractivity contribution in [2.24, 2.45) is 0 Å². The van der Waals surface area contributed by atoms with Gasteiger partial charge in [-0.2, -0.15) is 0 Å². The Labute approximate surface area is 390 Å². The van der Waals surface area contributed by atoms with E-state index >= 15 is 0 Å². The van der Waals surface area contributed by atoms with Crippen molar-refractivity contribution < 1.29 is 0 Å². The zero-order chi connectivity index (χ0) is 43.3. The zero-order valence-electron chi connectivity index (χ0n) is 35.8. The molecule has 0 radical (unpaired) electrons. The van der Waals surface area contributed by atoms with Gasteiger partial charge in [-0.3, -0.25) is 0 Å². The number of anilines is 3. The fraction of sp³-hybridized carbons (Fsp3) is 0.0159. The molecule has 1 aliphatic rings. The van der Waals surface area contributed by atoms with Crippen LogP contribution in [-0.2, 0) is 5.41 Å². The van der Waals surface area contributed by atoms with Crippen molar-refractivity contribution in [3.8, 4) is 22.3 Å². The number of rotatable bonds is 6. The predicted octanol–water partition coefficient (Wildman–Crippen LogP) is 18.2. The summed E-state index contributed by atoms with van der Waals surface area (Å²) in [6.07, 6.45) is 0. The van der Waals surface area contributed by atoms with E-state index in [9.17, 15) is 0 Å². The second-order valence-corrected chi connectivity index (χ2v) is 19.5. The van der Waals surface area contributed by atoms with Crippen LogP contribution >= 0.6 is 22.7 Å². The van der Waals surface area contributed by atoms with Crippen LogP contribution in [0.1, 0.15) is 22.3 Å². The first-order valence-electron chi connectivity index (χ1n) is 22.7. The fourth-order valence-corrected chi connectivity index (χ4v) is 14.0. The van der Waals surface area contributed by atoms with Gasteiger partial charge in [-0.25, -0.2) is 0 Å². The minimum Gasteiger partial charge on any atom is -0.308 e. The van der Waals surface area contributed by atoms with Crippen LogP contribution in [0.2, 0.25) is 0 Å². The van der Waals surface area contributed by atoms with E-state index in [1.807, 2.05) is 22.7 Å². The van der Waals surface area contributed by atoms with Gasteiger partial charge in [0.25, 0.3) is 0 Å². The summed E-state index contributed by atoms with van der Waals surface area (Å²) in [7, 11) is 0. The Balaban J connectivity index is 1.03. The van der Waals surface area contributed by atoms with Gasteiger partial charge in [0, 0.05) is 46.9 Å². The molecular weight excluding hydrogens is 835 g/mol. The second-order valence-electron chi connectivity index (χ2n) is 17.5. The first-order valence-corrected chi connectivity index (χ1v) is 24.3. The molecule has 0 amide bonds. The highest BCUT2D eigenvalue weighted by Gasteiger charge is 2.47. The summed E-state index contributed by atoms with van der Waals surface area (Å²) in [6.45, 7) is 0. The van der Waals surface area contributed by atoms with Crippen molar-refractivity contribution in [2.75, 3.05) is 4.90 Å². The number of benzene rings is 11. The monoisotopic (exact) mass is 873 g/mol. The molecule has 0 fully saturated rings. The summed E-state index contributed by atoms with van der Waals surface area (Å²) in [5.74, 6) is 0. The molecule has 3 heteroatoms. The van der Waals surface area contributed by atoms with Crippen LogP contribution in [0.4, 0.5) is 17.1 Å². The molecule has 0 bridgehead atoms. The third-order valence-corrected chi connectivity index (χ3v) is 16.7. The Hall–Kier alpha value is -7.82. The highest BCUT2D eigenvalue weighted by atomic mass is 32.1. The van der Waals surface area contributed by atoms with Crippen molar-refractivity contribution in [2.45, 2.75) is 5.41 Å². The summed E-state index contributed by atoms with van der Waals surface area (Å²) in [5, 5.41) is 10.4. The molecule has 0 spiro atoms. The molecule has 13 aromatic rings. The molecule has 1 nitrogen and oxygen atoms in total. The Bertz CT molecular complexity index is 4010. The average Bonchev–Trinajstić information content (AvgIpc) is 4.07. The molecule has 11 aromatic carbocycles. The van der Waals surface area contributed by atoms with Crippen LogP contribution in [-0.4, -0.2) is 0 Å². The maximum atomic E-state index is 2.55. The summed E-state index contributed by atoms with van der Waals surface area (Å²) in [5.41, 5.74) is 13.0. The number of hydrogen-bond acceptors (Lipinski definition) is 3. The van der Waals surface area contributed by atoms with Gasteiger partial charge in [-0.15, -0.1) is 22.7 Å². The first-order chi connectivity index (χ1) is 32.8. The Morgan fingerprint density at radius 3 is 1.47 bits per heavy atom. The van der Waals surface area contributed by atoms with Gasteiger partial charge in [0.15, 0.2) is 0 Å². The van der Waals surface area contributed by atoms with E-state index in [0.717, 1.165) is 11.4 Å². The molecule has 66 heavy (non-hydrogen) atoms. The van der Waals surface area contributed by atoms with Crippen molar-refractivity contribution in [1.29, 1.82) is 0 Å². The lowest BCUT2D eigenvalue weighted by atomic mass is 9.68. The standard InChI is InChI=1S/C63H39NS2/c1-3-18-43(19-4-1)63(44-20-5-2-6-21-44)54-28-12-11-24-53(54)58-55(63)29-15-30-56(58)64(57-31-14-27-50-52-39-35-41-17-8-10-23-47(41)61(52)66-62(50)57)45-36-32-42(33-37-45)48-25-13-26-49-51-38-34-40-16-7-9-22-46(40)60(51)65-59(48)49/h1-39H. The van der Waals surface area contributed by atoms with Gasteiger partial charge in [0.2, 0.25) is 0 Å². The fourth-order valence-electron chi connectivity index (χ4n) is 11.3. The number of thiophene rings is 2. The van der Waals surface area contributed by atoms with E-state index < -0.39 is 5.41 Å². The van der Waals surface area contributed by atoms with E-state index in [2.05, 4.69) is 241 Å². The van der Waals surface area contributed by atoms with Crippen LogP contribution in [0.3, 0.4) is 0 Å². The zero-order valence-corrected chi connectivity index (χ0v) is 37.4. The van der Waals surface area contributed by atoms with Gasteiger partial charge in [-0.1, -0.05) is 212 Å². The lowest BCUT2D eigenvalue weighted by Gasteiger charge is -2.34. The molecule has 308 valence electrons. The van der Waals surface area contributed by atoms with Gasteiger partial charge < -0.3 is 4.90 Å². The summed E-state index contributed by atoms with van der Waals surface area (Å²) in [4.78, 5) is 2.55.